The van der Waals surface area contributed by atoms with Crippen molar-refractivity contribution >= 4 is 37.8 Å². The van der Waals surface area contributed by atoms with Gasteiger partial charge in [-0.3, -0.25) is 4.79 Å². The van der Waals surface area contributed by atoms with Gasteiger partial charge in [-0.1, -0.05) is 48.7 Å². The predicted octanol–water partition coefficient (Wildman–Crippen LogP) is 4.52. The van der Waals surface area contributed by atoms with Gasteiger partial charge in [0.2, 0.25) is 0 Å². The fraction of sp³-hybridized carbons (Fsp3) is 0.500. The Bertz CT molecular complexity index is 415. The van der Waals surface area contributed by atoms with Gasteiger partial charge in [0.15, 0.2) is 0 Å². The lowest BCUT2D eigenvalue weighted by Crippen LogP contribution is -2.33. The average molecular weight is 395 g/mol. The first-order valence-corrected chi connectivity index (χ1v) is 8.08. The van der Waals surface area contributed by atoms with Gasteiger partial charge in [-0.05, 0) is 34.0 Å². The lowest BCUT2D eigenvalue weighted by Gasteiger charge is -2.20. The highest BCUT2D eigenvalue weighted by Gasteiger charge is 2.19. The Morgan fingerprint density at radius 1 is 1.37 bits per heavy atom. The maximum absolute atomic E-state index is 13.6. The van der Waals surface area contributed by atoms with E-state index in [1.807, 2.05) is 0 Å². The van der Waals surface area contributed by atoms with Gasteiger partial charge in [0.05, 0.1) is 5.56 Å². The fourth-order valence-corrected chi connectivity index (χ4v) is 3.39. The van der Waals surface area contributed by atoms with Crippen LogP contribution in [-0.4, -0.2) is 17.3 Å². The third-order valence-corrected chi connectivity index (χ3v) is 4.94. The van der Waals surface area contributed by atoms with Gasteiger partial charge in [0, 0.05) is 15.8 Å². The zero-order chi connectivity index (χ0) is 14.4. The molecular formula is C14H18Br2FNO. The van der Waals surface area contributed by atoms with Crippen LogP contribution in [0.3, 0.4) is 0 Å². The van der Waals surface area contributed by atoms with Crippen LogP contribution < -0.4 is 5.32 Å². The third-order valence-electron chi connectivity index (χ3n) is 3.21. The molecule has 2 nitrogen and oxygen atoms in total. The summed E-state index contributed by atoms with van der Waals surface area (Å²) < 4.78 is 14.1. The van der Waals surface area contributed by atoms with Crippen molar-refractivity contribution < 1.29 is 9.18 Å². The van der Waals surface area contributed by atoms with E-state index < -0.39 is 5.82 Å². The molecule has 1 aromatic carbocycles. The van der Waals surface area contributed by atoms with Crippen LogP contribution in [0.5, 0.6) is 0 Å². The molecule has 1 unspecified atom stereocenters. The first kappa shape index (κ1) is 16.6. The topological polar surface area (TPSA) is 29.1 Å². The van der Waals surface area contributed by atoms with Crippen LogP contribution >= 0.6 is 31.9 Å². The minimum atomic E-state index is -0.513. The Labute approximate surface area is 130 Å². The van der Waals surface area contributed by atoms with E-state index >= 15 is 0 Å². The summed E-state index contributed by atoms with van der Waals surface area (Å²) in [5, 5.41) is 2.77. The molecule has 0 aromatic heterocycles. The molecule has 106 valence electrons. The Morgan fingerprint density at radius 3 is 2.53 bits per heavy atom. The molecule has 19 heavy (non-hydrogen) atoms. The van der Waals surface area contributed by atoms with E-state index in [1.165, 1.54) is 6.07 Å². The van der Waals surface area contributed by atoms with Crippen LogP contribution in [0, 0.1) is 11.7 Å². The number of carbonyl (C=O) groups is 1. The second-order valence-electron chi connectivity index (χ2n) is 4.40. The van der Waals surface area contributed by atoms with Crippen molar-refractivity contribution in [2.75, 3.05) is 6.54 Å². The Balaban J connectivity index is 2.66. The number of alkyl halides is 1. The fourth-order valence-electron chi connectivity index (χ4n) is 1.96. The molecule has 1 atom stereocenters. The van der Waals surface area contributed by atoms with Crippen LogP contribution in [0.25, 0.3) is 0 Å². The Morgan fingerprint density at radius 2 is 2.00 bits per heavy atom. The standard InChI is InChI=1S/C14H18Br2FNO/c1-3-9(4-2)11(16)8-18-14(19)13-10(15)6-5-7-12(13)17/h5-7,9,11H,3-4,8H2,1-2H3,(H,18,19). The maximum atomic E-state index is 13.6. The predicted molar refractivity (Wildman–Crippen MR) is 83.2 cm³/mol. The molecular weight excluding hydrogens is 377 g/mol. The SMILES string of the molecule is CCC(CC)C(Br)CNC(=O)c1c(F)cccc1Br. The Hall–Kier alpha value is -0.420. The smallest absolute Gasteiger partial charge is 0.255 e. The summed E-state index contributed by atoms with van der Waals surface area (Å²) in [7, 11) is 0. The highest BCUT2D eigenvalue weighted by molar-refractivity contribution is 9.10. The first-order valence-electron chi connectivity index (χ1n) is 6.37. The van der Waals surface area contributed by atoms with E-state index in [9.17, 15) is 9.18 Å². The van der Waals surface area contributed by atoms with Gasteiger partial charge < -0.3 is 5.32 Å². The van der Waals surface area contributed by atoms with E-state index in [0.717, 1.165) is 12.8 Å². The summed E-state index contributed by atoms with van der Waals surface area (Å²) in [5.74, 6) is -0.398. The normalized spacial score (nSPS) is 12.5. The Kier molecular flexibility index (Phi) is 7.00. The summed E-state index contributed by atoms with van der Waals surface area (Å²) >= 11 is 6.78. The van der Waals surface area contributed by atoms with Crippen molar-refractivity contribution in [1.82, 2.24) is 5.32 Å². The van der Waals surface area contributed by atoms with Gasteiger partial charge >= 0.3 is 0 Å². The summed E-state index contributed by atoms with van der Waals surface area (Å²) in [4.78, 5) is 12.2. The lowest BCUT2D eigenvalue weighted by molar-refractivity contribution is 0.0947. The monoisotopic (exact) mass is 393 g/mol. The van der Waals surface area contributed by atoms with Gasteiger partial charge in [0.1, 0.15) is 5.82 Å². The number of nitrogens with one attached hydrogen (secondary N) is 1. The number of amides is 1. The van der Waals surface area contributed by atoms with Gasteiger partial charge in [-0.25, -0.2) is 4.39 Å². The molecule has 0 radical (unpaired) electrons. The number of benzene rings is 1. The molecule has 0 aliphatic heterocycles. The molecule has 1 rings (SSSR count). The molecule has 0 saturated heterocycles. The maximum Gasteiger partial charge on any atom is 0.255 e. The third kappa shape index (κ3) is 4.56. The van der Waals surface area contributed by atoms with Crippen molar-refractivity contribution in [2.24, 2.45) is 5.92 Å². The summed E-state index contributed by atoms with van der Waals surface area (Å²) in [6.45, 7) is 4.74. The summed E-state index contributed by atoms with van der Waals surface area (Å²) in [6.07, 6.45) is 2.09. The van der Waals surface area contributed by atoms with Gasteiger partial charge in [-0.15, -0.1) is 0 Å². The van der Waals surface area contributed by atoms with Crippen LogP contribution in [0.1, 0.15) is 37.0 Å². The van der Waals surface area contributed by atoms with E-state index in [1.54, 1.807) is 12.1 Å². The molecule has 0 bridgehead atoms. The summed E-state index contributed by atoms with van der Waals surface area (Å²) in [6, 6.07) is 4.50. The van der Waals surface area contributed by atoms with E-state index in [2.05, 4.69) is 51.0 Å². The minimum Gasteiger partial charge on any atom is -0.351 e. The minimum absolute atomic E-state index is 0.0618. The highest BCUT2D eigenvalue weighted by atomic mass is 79.9. The first-order chi connectivity index (χ1) is 9.01. The largest absolute Gasteiger partial charge is 0.351 e. The quantitative estimate of drug-likeness (QED) is 0.706. The number of hydrogen-bond donors (Lipinski definition) is 1. The number of carbonyl (C=O) groups excluding carboxylic acids is 1. The van der Waals surface area contributed by atoms with Gasteiger partial charge in [0.25, 0.3) is 5.91 Å². The molecule has 0 spiro atoms. The van der Waals surface area contributed by atoms with Crippen LogP contribution in [0.4, 0.5) is 4.39 Å². The van der Waals surface area contributed by atoms with Gasteiger partial charge in [-0.2, -0.15) is 0 Å². The van der Waals surface area contributed by atoms with Crippen molar-refractivity contribution in [3.8, 4) is 0 Å². The highest BCUT2D eigenvalue weighted by Crippen LogP contribution is 2.21. The average Bonchev–Trinajstić information content (AvgIpc) is 2.37. The van der Waals surface area contributed by atoms with E-state index in [-0.39, 0.29) is 16.3 Å². The molecule has 0 aliphatic rings. The molecule has 1 aromatic rings. The summed E-state index contributed by atoms with van der Waals surface area (Å²) in [5.41, 5.74) is 0.0618. The van der Waals surface area contributed by atoms with Crippen LogP contribution in [0.2, 0.25) is 0 Å². The van der Waals surface area contributed by atoms with E-state index in [4.69, 9.17) is 0 Å². The van der Waals surface area contributed by atoms with Crippen LogP contribution in [-0.2, 0) is 0 Å². The molecule has 0 saturated carbocycles. The van der Waals surface area contributed by atoms with Crippen molar-refractivity contribution in [1.29, 1.82) is 0 Å². The lowest BCUT2D eigenvalue weighted by atomic mass is 9.99. The number of hydrogen-bond acceptors (Lipinski definition) is 1. The van der Waals surface area contributed by atoms with Crippen molar-refractivity contribution in [3.63, 3.8) is 0 Å². The van der Waals surface area contributed by atoms with Crippen LogP contribution in [0.15, 0.2) is 22.7 Å². The zero-order valence-electron chi connectivity index (χ0n) is 11.1. The molecule has 0 heterocycles. The van der Waals surface area contributed by atoms with Crippen molar-refractivity contribution in [3.05, 3.63) is 34.1 Å². The number of rotatable bonds is 6. The second-order valence-corrected chi connectivity index (χ2v) is 6.43. The van der Waals surface area contributed by atoms with Crippen molar-refractivity contribution in [2.45, 2.75) is 31.5 Å². The molecule has 1 N–H and O–H groups in total. The zero-order valence-corrected chi connectivity index (χ0v) is 14.2. The molecule has 1 amide bonds. The molecule has 5 heteroatoms. The number of halogens is 3. The second kappa shape index (κ2) is 8.00. The van der Waals surface area contributed by atoms with E-state index in [0.29, 0.717) is 16.9 Å². The molecule has 0 fully saturated rings. The molecule has 0 aliphatic carbocycles.